The minimum atomic E-state index is -4.61. The first-order chi connectivity index (χ1) is 18.0. The highest BCUT2D eigenvalue weighted by atomic mass is 19.4. The van der Waals surface area contributed by atoms with Crippen molar-refractivity contribution in [3.05, 3.63) is 77.4 Å². The number of nitrogens with zero attached hydrogens (tertiary/aromatic N) is 1. The van der Waals surface area contributed by atoms with Crippen LogP contribution < -0.4 is 14.8 Å². The number of rotatable bonds is 6. The molecule has 0 bridgehead atoms. The molecule has 198 valence electrons. The molecule has 1 fully saturated rings. The van der Waals surface area contributed by atoms with E-state index >= 15 is 0 Å². The van der Waals surface area contributed by atoms with Crippen molar-refractivity contribution in [2.75, 3.05) is 19.2 Å². The Morgan fingerprint density at radius 1 is 0.921 bits per heavy atom. The van der Waals surface area contributed by atoms with Gasteiger partial charge < -0.3 is 19.7 Å². The molecule has 5 rings (SSSR count). The Hall–Kier alpha value is -4.01. The van der Waals surface area contributed by atoms with Gasteiger partial charge in [-0.3, -0.25) is 9.59 Å². The van der Waals surface area contributed by atoms with E-state index in [9.17, 15) is 22.8 Å². The van der Waals surface area contributed by atoms with Gasteiger partial charge in [-0.2, -0.15) is 13.2 Å². The Kier molecular flexibility index (Phi) is 6.33. The summed E-state index contributed by atoms with van der Waals surface area (Å²) in [7, 11) is 1.69. The number of halogens is 3. The number of nitrogens with one attached hydrogen (secondary N) is 1. The molecular formula is C29H27F3N2O4. The van der Waals surface area contributed by atoms with Crippen LogP contribution in [0.1, 0.15) is 48.2 Å². The van der Waals surface area contributed by atoms with Crippen molar-refractivity contribution in [3.63, 3.8) is 0 Å². The van der Waals surface area contributed by atoms with Gasteiger partial charge >= 0.3 is 6.18 Å². The van der Waals surface area contributed by atoms with Crippen molar-refractivity contribution in [2.45, 2.75) is 44.3 Å². The molecule has 0 aromatic heterocycles. The summed E-state index contributed by atoms with van der Waals surface area (Å²) in [6, 6.07) is 15.2. The van der Waals surface area contributed by atoms with E-state index in [4.69, 9.17) is 9.47 Å². The predicted octanol–water partition coefficient (Wildman–Crippen LogP) is 6.25. The van der Waals surface area contributed by atoms with Gasteiger partial charge in [0.05, 0.1) is 11.0 Å². The van der Waals surface area contributed by atoms with Crippen LogP contribution in [-0.2, 0) is 16.4 Å². The largest absolute Gasteiger partial charge is 0.454 e. The zero-order valence-electron chi connectivity index (χ0n) is 21.2. The molecule has 0 spiro atoms. The number of carbonyl (C=O) groups is 2. The normalized spacial score (nSPS) is 15.3. The lowest BCUT2D eigenvalue weighted by Gasteiger charge is -2.21. The number of carbonyl (C=O) groups excluding carboxylic acids is 2. The zero-order chi connectivity index (χ0) is 27.2. The topological polar surface area (TPSA) is 67.9 Å². The average Bonchev–Trinajstić information content (AvgIpc) is 3.58. The molecule has 0 saturated heterocycles. The lowest BCUT2D eigenvalue weighted by molar-refractivity contribution is -0.137. The first-order valence-electron chi connectivity index (χ1n) is 12.3. The molecule has 38 heavy (non-hydrogen) atoms. The Bertz CT molecular complexity index is 1400. The number of fused-ring (bicyclic) bond motifs is 1. The first kappa shape index (κ1) is 25.6. The summed E-state index contributed by atoms with van der Waals surface area (Å²) in [6.45, 7) is 3.89. The van der Waals surface area contributed by atoms with Crippen LogP contribution in [0.4, 0.5) is 18.9 Å². The smallest absolute Gasteiger partial charge is 0.416 e. The molecule has 1 heterocycles. The standard InChI is InChI=1S/C29H27F3N2O4/c1-17(2)34(3)26(35)19-6-4-18(5-7-19)20-12-22(29(30,31)32)14-23(13-20)33-27(36)28(10-11-28)21-8-9-24-25(15-21)38-16-37-24/h4-9,12-15,17H,10-11,16H2,1-3H3,(H,33,36). The summed E-state index contributed by atoms with van der Waals surface area (Å²) in [6.07, 6.45) is -3.46. The monoisotopic (exact) mass is 524 g/mol. The summed E-state index contributed by atoms with van der Waals surface area (Å²) in [5.41, 5.74) is 0.277. The summed E-state index contributed by atoms with van der Waals surface area (Å²) in [5.74, 6) is 0.585. The molecule has 1 aliphatic heterocycles. The van der Waals surface area contributed by atoms with Gasteiger partial charge in [0.1, 0.15) is 0 Å². The van der Waals surface area contributed by atoms with E-state index in [1.165, 1.54) is 6.07 Å². The molecule has 0 radical (unpaired) electrons. The molecule has 1 saturated carbocycles. The van der Waals surface area contributed by atoms with Crippen LogP contribution in [0.25, 0.3) is 11.1 Å². The summed E-state index contributed by atoms with van der Waals surface area (Å²) >= 11 is 0. The number of hydrogen-bond donors (Lipinski definition) is 1. The number of amides is 2. The van der Waals surface area contributed by atoms with Crippen LogP contribution in [-0.4, -0.2) is 36.6 Å². The molecule has 0 unspecified atom stereocenters. The van der Waals surface area contributed by atoms with Crippen molar-refractivity contribution in [3.8, 4) is 22.6 Å². The van der Waals surface area contributed by atoms with Crippen LogP contribution in [0.3, 0.4) is 0 Å². The van der Waals surface area contributed by atoms with Crippen molar-refractivity contribution in [1.82, 2.24) is 4.90 Å². The van der Waals surface area contributed by atoms with Gasteiger partial charge in [-0.05, 0) is 85.8 Å². The molecule has 3 aromatic carbocycles. The highest BCUT2D eigenvalue weighted by Crippen LogP contribution is 2.51. The summed E-state index contributed by atoms with van der Waals surface area (Å²) < 4.78 is 52.1. The molecule has 1 N–H and O–H groups in total. The average molecular weight is 525 g/mol. The molecule has 2 aliphatic rings. The van der Waals surface area contributed by atoms with E-state index in [2.05, 4.69) is 5.32 Å². The highest BCUT2D eigenvalue weighted by molar-refractivity contribution is 6.02. The van der Waals surface area contributed by atoms with Crippen LogP contribution in [0, 0.1) is 0 Å². The highest BCUT2D eigenvalue weighted by Gasteiger charge is 2.51. The van der Waals surface area contributed by atoms with Gasteiger partial charge in [-0.1, -0.05) is 18.2 Å². The minimum Gasteiger partial charge on any atom is -0.454 e. The van der Waals surface area contributed by atoms with E-state index in [-0.39, 0.29) is 35.9 Å². The van der Waals surface area contributed by atoms with Crippen LogP contribution >= 0.6 is 0 Å². The molecule has 0 atom stereocenters. The van der Waals surface area contributed by atoms with E-state index in [1.54, 1.807) is 54.4 Å². The SMILES string of the molecule is CC(C)N(C)C(=O)c1ccc(-c2cc(NC(=O)C3(c4ccc5c(c4)OCO5)CC3)cc(C(F)(F)F)c2)cc1. The lowest BCUT2D eigenvalue weighted by atomic mass is 9.94. The number of ether oxygens (including phenoxy) is 2. The Morgan fingerprint density at radius 2 is 1.61 bits per heavy atom. The third kappa shape index (κ3) is 4.80. The fraction of sp³-hybridized carbons (Fsp3) is 0.310. The van der Waals surface area contributed by atoms with E-state index in [1.807, 2.05) is 13.8 Å². The first-order valence-corrected chi connectivity index (χ1v) is 12.3. The van der Waals surface area contributed by atoms with Crippen LogP contribution in [0.2, 0.25) is 0 Å². The summed E-state index contributed by atoms with van der Waals surface area (Å²) in [5, 5.41) is 2.72. The van der Waals surface area contributed by atoms with Crippen LogP contribution in [0.15, 0.2) is 60.7 Å². The molecule has 9 heteroatoms. The Balaban J connectivity index is 1.43. The van der Waals surface area contributed by atoms with Crippen molar-refractivity contribution in [1.29, 1.82) is 0 Å². The Labute approximate surface area is 218 Å². The van der Waals surface area contributed by atoms with Crippen molar-refractivity contribution in [2.24, 2.45) is 0 Å². The predicted molar refractivity (Wildman–Crippen MR) is 136 cm³/mol. The second-order valence-corrected chi connectivity index (χ2v) is 9.99. The second-order valence-electron chi connectivity index (χ2n) is 9.99. The van der Waals surface area contributed by atoms with E-state index in [0.29, 0.717) is 35.5 Å². The quantitative estimate of drug-likeness (QED) is 0.414. The summed E-state index contributed by atoms with van der Waals surface area (Å²) in [4.78, 5) is 27.5. The maximum absolute atomic E-state index is 13.8. The number of anilines is 1. The molecule has 1 aliphatic carbocycles. The fourth-order valence-electron chi connectivity index (χ4n) is 4.49. The van der Waals surface area contributed by atoms with E-state index < -0.39 is 17.2 Å². The van der Waals surface area contributed by atoms with Crippen LogP contribution in [0.5, 0.6) is 11.5 Å². The van der Waals surface area contributed by atoms with Gasteiger partial charge in [-0.25, -0.2) is 0 Å². The fourth-order valence-corrected chi connectivity index (χ4v) is 4.49. The molecule has 2 amide bonds. The third-order valence-electron chi connectivity index (χ3n) is 7.19. The van der Waals surface area contributed by atoms with Crippen molar-refractivity contribution < 1.29 is 32.2 Å². The lowest BCUT2D eigenvalue weighted by Crippen LogP contribution is -2.32. The third-order valence-corrected chi connectivity index (χ3v) is 7.19. The molecule has 3 aromatic rings. The van der Waals surface area contributed by atoms with Gasteiger partial charge in [-0.15, -0.1) is 0 Å². The minimum absolute atomic E-state index is 0.00392. The van der Waals surface area contributed by atoms with Crippen molar-refractivity contribution >= 4 is 17.5 Å². The van der Waals surface area contributed by atoms with E-state index in [0.717, 1.165) is 17.7 Å². The molecule has 6 nitrogen and oxygen atoms in total. The number of benzene rings is 3. The number of alkyl halides is 3. The second kappa shape index (κ2) is 9.38. The Morgan fingerprint density at radius 3 is 2.24 bits per heavy atom. The van der Waals surface area contributed by atoms with Gasteiger partial charge in [0.25, 0.3) is 5.91 Å². The van der Waals surface area contributed by atoms with Gasteiger partial charge in [0, 0.05) is 24.3 Å². The molecular weight excluding hydrogens is 497 g/mol. The maximum Gasteiger partial charge on any atom is 0.416 e. The zero-order valence-corrected chi connectivity index (χ0v) is 21.2. The van der Waals surface area contributed by atoms with Gasteiger partial charge in [0.15, 0.2) is 11.5 Å². The maximum atomic E-state index is 13.8. The number of hydrogen-bond acceptors (Lipinski definition) is 4. The van der Waals surface area contributed by atoms with Gasteiger partial charge in [0.2, 0.25) is 12.7 Å².